The molecule has 6 heteroatoms. The summed E-state index contributed by atoms with van der Waals surface area (Å²) < 4.78 is 16.3. The van der Waals surface area contributed by atoms with Gasteiger partial charge in [0.1, 0.15) is 17.2 Å². The predicted octanol–water partition coefficient (Wildman–Crippen LogP) is 4.16. The fourth-order valence-corrected chi connectivity index (χ4v) is 3.31. The van der Waals surface area contributed by atoms with E-state index < -0.39 is 0 Å². The van der Waals surface area contributed by atoms with Crippen LogP contribution in [0, 0.1) is 0 Å². The van der Waals surface area contributed by atoms with Gasteiger partial charge < -0.3 is 14.2 Å². The summed E-state index contributed by atoms with van der Waals surface area (Å²) in [6.45, 7) is 2.73. The Hall–Kier alpha value is -2.73. The van der Waals surface area contributed by atoms with Crippen molar-refractivity contribution < 1.29 is 23.8 Å². The molecule has 1 aliphatic heterocycles. The van der Waals surface area contributed by atoms with E-state index in [1.807, 2.05) is 24.5 Å². The Kier molecular flexibility index (Phi) is 5.32. The van der Waals surface area contributed by atoms with Crippen LogP contribution in [0.2, 0.25) is 0 Å². The summed E-state index contributed by atoms with van der Waals surface area (Å²) in [5.41, 5.74) is 2.70. The molecule has 0 bridgehead atoms. The smallest absolute Gasteiger partial charge is 0.308 e. The van der Waals surface area contributed by atoms with Crippen LogP contribution >= 0.6 is 11.8 Å². The van der Waals surface area contributed by atoms with Crippen molar-refractivity contribution in [3.05, 3.63) is 53.6 Å². The normalized spacial score (nSPS) is 15.3. The van der Waals surface area contributed by atoms with E-state index in [4.69, 9.17) is 14.2 Å². The van der Waals surface area contributed by atoms with Crippen molar-refractivity contribution in [2.75, 3.05) is 6.26 Å². The molecule has 0 radical (unpaired) electrons. The Morgan fingerprint density at radius 3 is 2.19 bits per heavy atom. The van der Waals surface area contributed by atoms with E-state index in [0.29, 0.717) is 17.2 Å². The lowest BCUT2D eigenvalue weighted by Crippen LogP contribution is -2.18. The second-order valence-corrected chi connectivity index (χ2v) is 6.60. The first-order chi connectivity index (χ1) is 12.5. The molecule has 0 amide bonds. The van der Waals surface area contributed by atoms with Crippen LogP contribution in [0.4, 0.5) is 0 Å². The molecule has 2 aromatic rings. The van der Waals surface area contributed by atoms with E-state index in [9.17, 15) is 9.59 Å². The lowest BCUT2D eigenvalue weighted by Gasteiger charge is -2.26. The van der Waals surface area contributed by atoms with Crippen molar-refractivity contribution in [3.8, 4) is 17.2 Å². The number of esters is 2. The molecule has 0 aliphatic carbocycles. The minimum Gasteiger partial charge on any atom is -0.474 e. The topological polar surface area (TPSA) is 61.8 Å². The number of hydrogen-bond acceptors (Lipinski definition) is 6. The van der Waals surface area contributed by atoms with Crippen molar-refractivity contribution >= 4 is 35.3 Å². The van der Waals surface area contributed by atoms with E-state index in [2.05, 4.69) is 6.08 Å². The van der Waals surface area contributed by atoms with E-state index >= 15 is 0 Å². The molecule has 0 saturated carbocycles. The zero-order valence-electron chi connectivity index (χ0n) is 14.6. The van der Waals surface area contributed by atoms with Crippen LogP contribution in [0.3, 0.4) is 0 Å². The van der Waals surface area contributed by atoms with E-state index in [1.165, 1.54) is 13.8 Å². The average Bonchev–Trinajstić information content (AvgIpc) is 2.60. The summed E-state index contributed by atoms with van der Waals surface area (Å²) in [5, 5.41) is 0. The summed E-state index contributed by atoms with van der Waals surface area (Å²) in [7, 11) is 0. The largest absolute Gasteiger partial charge is 0.474 e. The van der Waals surface area contributed by atoms with Gasteiger partial charge in [-0.2, -0.15) is 0 Å². The second-order valence-electron chi connectivity index (χ2n) is 5.70. The molecule has 1 heterocycles. The molecule has 2 aromatic carbocycles. The molecule has 134 valence electrons. The van der Waals surface area contributed by atoms with Gasteiger partial charge in [0.15, 0.2) is 5.44 Å². The number of thioether (sulfide) groups is 1. The van der Waals surface area contributed by atoms with Crippen molar-refractivity contribution in [2.45, 2.75) is 19.3 Å². The molecule has 1 atom stereocenters. The number of carbonyl (C=O) groups is 2. The zero-order chi connectivity index (χ0) is 18.7. The Labute approximate surface area is 155 Å². The van der Waals surface area contributed by atoms with Crippen molar-refractivity contribution in [1.82, 2.24) is 0 Å². The fourth-order valence-electron chi connectivity index (χ4n) is 2.66. The van der Waals surface area contributed by atoms with Crippen LogP contribution in [0.5, 0.6) is 17.2 Å². The van der Waals surface area contributed by atoms with Crippen LogP contribution in [-0.4, -0.2) is 23.6 Å². The highest BCUT2D eigenvalue weighted by Crippen LogP contribution is 2.40. The lowest BCUT2D eigenvalue weighted by atomic mass is 10.0. The summed E-state index contributed by atoms with van der Waals surface area (Å²) >= 11 is 1.56. The Bertz CT molecular complexity index is 870. The fraction of sp³-hybridized carbons (Fsp3) is 0.200. The number of benzene rings is 2. The Balaban J connectivity index is 1.92. The molecule has 5 nitrogen and oxygen atoms in total. The number of ether oxygens (including phenoxy) is 3. The maximum absolute atomic E-state index is 11.1. The maximum Gasteiger partial charge on any atom is 0.308 e. The summed E-state index contributed by atoms with van der Waals surface area (Å²) in [5.74, 6) is 0.913. The zero-order valence-corrected chi connectivity index (χ0v) is 15.5. The van der Waals surface area contributed by atoms with Crippen LogP contribution in [0.15, 0.2) is 42.5 Å². The third-order valence-electron chi connectivity index (χ3n) is 3.71. The number of hydrogen-bond donors (Lipinski definition) is 0. The maximum atomic E-state index is 11.1. The van der Waals surface area contributed by atoms with Gasteiger partial charge in [0.25, 0.3) is 0 Å². The van der Waals surface area contributed by atoms with Gasteiger partial charge in [-0.1, -0.05) is 12.1 Å². The summed E-state index contributed by atoms with van der Waals surface area (Å²) in [4.78, 5) is 22.2. The first kappa shape index (κ1) is 18.1. The molecule has 0 aromatic heterocycles. The van der Waals surface area contributed by atoms with Gasteiger partial charge in [-0.05, 0) is 42.2 Å². The monoisotopic (exact) mass is 370 g/mol. The van der Waals surface area contributed by atoms with Gasteiger partial charge in [-0.25, -0.2) is 0 Å². The Morgan fingerprint density at radius 2 is 1.58 bits per heavy atom. The third-order valence-corrected chi connectivity index (χ3v) is 4.49. The standard InChI is InChI=1S/C20H18O5S/c1-12(21)23-16-7-4-14(5-8-16)18-10-15-6-9-17(24-13(2)22)11-19(15)25-20(18)26-3/h4-11,20H,1-3H3. The molecule has 0 spiro atoms. The van der Waals surface area contributed by atoms with Gasteiger partial charge in [0.05, 0.1) is 0 Å². The van der Waals surface area contributed by atoms with Gasteiger partial charge in [-0.3, -0.25) is 9.59 Å². The highest BCUT2D eigenvalue weighted by Gasteiger charge is 2.24. The van der Waals surface area contributed by atoms with Crippen molar-refractivity contribution in [3.63, 3.8) is 0 Å². The van der Waals surface area contributed by atoms with Crippen LogP contribution in [-0.2, 0) is 9.59 Å². The minimum atomic E-state index is -0.369. The van der Waals surface area contributed by atoms with Gasteiger partial charge in [0, 0.05) is 31.1 Å². The van der Waals surface area contributed by atoms with Crippen LogP contribution in [0.1, 0.15) is 25.0 Å². The molecule has 1 unspecified atom stereocenters. The predicted molar refractivity (Wildman–Crippen MR) is 101 cm³/mol. The Morgan fingerprint density at radius 1 is 0.962 bits per heavy atom. The lowest BCUT2D eigenvalue weighted by molar-refractivity contribution is -0.132. The van der Waals surface area contributed by atoms with E-state index in [0.717, 1.165) is 16.7 Å². The SMILES string of the molecule is CSC1Oc2cc(OC(C)=O)ccc2C=C1c1ccc(OC(C)=O)cc1. The summed E-state index contributed by atoms with van der Waals surface area (Å²) in [6, 6.07) is 12.6. The molecule has 0 saturated heterocycles. The van der Waals surface area contributed by atoms with Gasteiger partial charge in [0.2, 0.25) is 0 Å². The summed E-state index contributed by atoms with van der Waals surface area (Å²) in [6.07, 6.45) is 4.02. The highest BCUT2D eigenvalue weighted by atomic mass is 32.2. The molecule has 3 rings (SSSR count). The molecule has 0 N–H and O–H groups in total. The number of rotatable bonds is 4. The van der Waals surface area contributed by atoms with Gasteiger partial charge in [-0.15, -0.1) is 11.8 Å². The van der Waals surface area contributed by atoms with E-state index in [1.54, 1.807) is 36.0 Å². The molecule has 0 fully saturated rings. The molecule has 1 aliphatic rings. The quantitative estimate of drug-likeness (QED) is 0.595. The first-order valence-electron chi connectivity index (χ1n) is 7.98. The van der Waals surface area contributed by atoms with Crippen LogP contribution < -0.4 is 14.2 Å². The third kappa shape index (κ3) is 4.08. The average molecular weight is 370 g/mol. The minimum absolute atomic E-state index is 0.199. The molecular formula is C20H18O5S. The first-order valence-corrected chi connectivity index (χ1v) is 9.27. The molecular weight excluding hydrogens is 352 g/mol. The van der Waals surface area contributed by atoms with E-state index in [-0.39, 0.29) is 17.4 Å². The van der Waals surface area contributed by atoms with Crippen molar-refractivity contribution in [2.24, 2.45) is 0 Å². The highest BCUT2D eigenvalue weighted by molar-refractivity contribution is 7.99. The second kappa shape index (κ2) is 7.66. The number of fused-ring (bicyclic) bond motifs is 1. The van der Waals surface area contributed by atoms with Crippen LogP contribution in [0.25, 0.3) is 11.6 Å². The van der Waals surface area contributed by atoms with Gasteiger partial charge >= 0.3 is 11.9 Å². The number of carbonyl (C=O) groups excluding carboxylic acids is 2. The molecule has 26 heavy (non-hydrogen) atoms. The van der Waals surface area contributed by atoms with Crippen molar-refractivity contribution in [1.29, 1.82) is 0 Å².